The van der Waals surface area contributed by atoms with E-state index in [0.717, 1.165) is 4.90 Å². The third-order valence-electron chi connectivity index (χ3n) is 2.91. The number of carboxylic acid groups (broad SMARTS) is 2. The highest BCUT2D eigenvalue weighted by molar-refractivity contribution is 5.89. The van der Waals surface area contributed by atoms with E-state index in [1.807, 2.05) is 0 Å². The number of rotatable bonds is 5. The van der Waals surface area contributed by atoms with Crippen molar-refractivity contribution in [1.82, 2.24) is 4.90 Å². The van der Waals surface area contributed by atoms with Crippen LogP contribution in [-0.4, -0.2) is 58.8 Å². The lowest BCUT2D eigenvalue weighted by Crippen LogP contribution is -2.49. The first-order chi connectivity index (χ1) is 7.88. The number of amides is 1. The van der Waals surface area contributed by atoms with Gasteiger partial charge in [0.2, 0.25) is 5.91 Å². The Morgan fingerprint density at radius 3 is 2.41 bits per heavy atom. The van der Waals surface area contributed by atoms with Crippen molar-refractivity contribution in [2.45, 2.75) is 25.5 Å². The van der Waals surface area contributed by atoms with Gasteiger partial charge in [-0.1, -0.05) is 0 Å². The summed E-state index contributed by atoms with van der Waals surface area (Å²) >= 11 is 0. The fraction of sp³-hybridized carbons (Fsp3) is 0.700. The summed E-state index contributed by atoms with van der Waals surface area (Å²) in [7, 11) is 1.34. The van der Waals surface area contributed by atoms with Gasteiger partial charge in [-0.25, -0.2) is 4.79 Å². The van der Waals surface area contributed by atoms with Crippen LogP contribution in [0.1, 0.15) is 13.3 Å². The van der Waals surface area contributed by atoms with Crippen LogP contribution in [0, 0.1) is 5.92 Å². The summed E-state index contributed by atoms with van der Waals surface area (Å²) in [5.41, 5.74) is 0. The van der Waals surface area contributed by atoms with Crippen LogP contribution in [0.2, 0.25) is 0 Å². The van der Waals surface area contributed by atoms with Crippen LogP contribution < -0.4 is 0 Å². The van der Waals surface area contributed by atoms with E-state index in [1.54, 1.807) is 0 Å². The Hall–Kier alpha value is -1.63. The molecule has 96 valence electrons. The van der Waals surface area contributed by atoms with E-state index in [9.17, 15) is 14.4 Å². The summed E-state index contributed by atoms with van der Waals surface area (Å²) in [5.74, 6) is -3.59. The van der Waals surface area contributed by atoms with Gasteiger partial charge in [0.25, 0.3) is 0 Å². The molecule has 0 aliphatic carbocycles. The van der Waals surface area contributed by atoms with E-state index in [2.05, 4.69) is 0 Å². The molecule has 7 nitrogen and oxygen atoms in total. The maximum Gasteiger partial charge on any atom is 0.329 e. The maximum absolute atomic E-state index is 11.6. The van der Waals surface area contributed by atoms with Crippen LogP contribution >= 0.6 is 0 Å². The largest absolute Gasteiger partial charge is 0.481 e. The highest BCUT2D eigenvalue weighted by Crippen LogP contribution is 2.22. The molecule has 0 aromatic rings. The summed E-state index contributed by atoms with van der Waals surface area (Å²) in [6.45, 7) is 1.44. The molecule has 1 aliphatic heterocycles. The van der Waals surface area contributed by atoms with Crippen LogP contribution in [-0.2, 0) is 19.1 Å². The van der Waals surface area contributed by atoms with Gasteiger partial charge in [0.05, 0.1) is 12.0 Å². The van der Waals surface area contributed by atoms with E-state index >= 15 is 0 Å². The van der Waals surface area contributed by atoms with Gasteiger partial charge in [-0.2, -0.15) is 0 Å². The number of likely N-dealkylation sites (tertiary alicyclic amines) is 1. The van der Waals surface area contributed by atoms with Gasteiger partial charge >= 0.3 is 11.9 Å². The zero-order chi connectivity index (χ0) is 13.2. The molecule has 1 rings (SSSR count). The molecular formula is C10H15NO6. The molecule has 0 saturated carbocycles. The molecule has 17 heavy (non-hydrogen) atoms. The molecule has 0 spiro atoms. The fourth-order valence-electron chi connectivity index (χ4n) is 1.88. The Morgan fingerprint density at radius 1 is 1.47 bits per heavy atom. The Morgan fingerprint density at radius 2 is 2.06 bits per heavy atom. The molecule has 3 atom stereocenters. The van der Waals surface area contributed by atoms with Crippen molar-refractivity contribution >= 4 is 17.8 Å². The zero-order valence-electron chi connectivity index (χ0n) is 9.62. The van der Waals surface area contributed by atoms with E-state index < -0.39 is 35.9 Å². The van der Waals surface area contributed by atoms with Crippen LogP contribution in [0.3, 0.4) is 0 Å². The number of carboxylic acids is 2. The van der Waals surface area contributed by atoms with Crippen molar-refractivity contribution in [1.29, 1.82) is 0 Å². The minimum Gasteiger partial charge on any atom is -0.481 e. The van der Waals surface area contributed by atoms with E-state index in [0.29, 0.717) is 0 Å². The summed E-state index contributed by atoms with van der Waals surface area (Å²) in [5, 5.41) is 17.9. The molecule has 0 aromatic carbocycles. The molecule has 1 heterocycles. The third kappa shape index (κ3) is 2.73. The monoisotopic (exact) mass is 245 g/mol. The van der Waals surface area contributed by atoms with Crippen LogP contribution in [0.5, 0.6) is 0 Å². The maximum atomic E-state index is 11.6. The number of carbonyl (C=O) groups is 3. The van der Waals surface area contributed by atoms with Gasteiger partial charge in [0.1, 0.15) is 0 Å². The third-order valence-corrected chi connectivity index (χ3v) is 2.91. The van der Waals surface area contributed by atoms with Gasteiger partial charge < -0.3 is 19.8 Å². The summed E-state index contributed by atoms with van der Waals surface area (Å²) < 4.78 is 4.91. The normalized spacial score (nSPS) is 23.5. The first kappa shape index (κ1) is 13.4. The van der Waals surface area contributed by atoms with E-state index in [4.69, 9.17) is 14.9 Å². The van der Waals surface area contributed by atoms with E-state index in [-0.39, 0.29) is 13.0 Å². The second-order valence-electron chi connectivity index (χ2n) is 4.01. The summed E-state index contributed by atoms with van der Waals surface area (Å²) in [6.07, 6.45) is -0.848. The average Bonchev–Trinajstić information content (AvgIpc) is 2.60. The first-order valence-corrected chi connectivity index (χ1v) is 5.16. The minimum absolute atomic E-state index is 0.0845. The highest BCUT2D eigenvalue weighted by atomic mass is 16.5. The lowest BCUT2D eigenvalue weighted by Gasteiger charge is -2.28. The van der Waals surface area contributed by atoms with Crippen LogP contribution in [0.25, 0.3) is 0 Å². The van der Waals surface area contributed by atoms with Crippen molar-refractivity contribution in [3.8, 4) is 0 Å². The van der Waals surface area contributed by atoms with Crippen molar-refractivity contribution in [2.75, 3.05) is 13.7 Å². The summed E-state index contributed by atoms with van der Waals surface area (Å²) in [4.78, 5) is 34.5. The van der Waals surface area contributed by atoms with E-state index in [1.165, 1.54) is 14.0 Å². The lowest BCUT2D eigenvalue weighted by atomic mass is 10.1. The minimum atomic E-state index is -1.20. The molecule has 0 aromatic heterocycles. The Kier molecular flexibility index (Phi) is 4.06. The smallest absolute Gasteiger partial charge is 0.329 e. The Bertz CT molecular complexity index is 342. The number of nitrogens with zero attached hydrogens (tertiary/aromatic N) is 1. The highest BCUT2D eigenvalue weighted by Gasteiger charge is 2.42. The molecule has 1 saturated heterocycles. The average molecular weight is 245 g/mol. The molecular weight excluding hydrogens is 230 g/mol. The van der Waals surface area contributed by atoms with Gasteiger partial charge in [0, 0.05) is 20.1 Å². The zero-order valence-corrected chi connectivity index (χ0v) is 9.62. The predicted molar refractivity (Wildman–Crippen MR) is 55.4 cm³/mol. The number of methoxy groups -OCH3 is 1. The van der Waals surface area contributed by atoms with Crippen molar-refractivity contribution in [3.05, 3.63) is 0 Å². The van der Waals surface area contributed by atoms with Crippen molar-refractivity contribution in [2.24, 2.45) is 5.92 Å². The first-order valence-electron chi connectivity index (χ1n) is 5.16. The van der Waals surface area contributed by atoms with Gasteiger partial charge in [-0.05, 0) is 6.92 Å². The second-order valence-corrected chi connectivity index (χ2v) is 4.01. The number of ether oxygens (including phenoxy) is 1. The molecule has 0 radical (unpaired) electrons. The number of aliphatic carboxylic acids is 2. The molecule has 1 fully saturated rings. The van der Waals surface area contributed by atoms with Gasteiger partial charge in [0.15, 0.2) is 6.04 Å². The Balaban J connectivity index is 2.86. The SMILES string of the molecule is CO[C@H](C)[C@@H](C(=O)O)N1CC(C(=O)O)CC1=O. The standard InChI is InChI=1S/C10H15NO6/c1-5(17-2)8(10(15)16)11-4-6(9(13)14)3-7(11)12/h5-6,8H,3-4H2,1-2H3,(H,13,14)(H,15,16)/t5-,6?,8+/m1/s1. The molecule has 1 aliphatic rings. The fourth-order valence-corrected chi connectivity index (χ4v) is 1.88. The van der Waals surface area contributed by atoms with Crippen LogP contribution in [0.4, 0.5) is 0 Å². The molecule has 1 unspecified atom stereocenters. The number of hydrogen-bond acceptors (Lipinski definition) is 4. The Labute approximate surface area is 98.0 Å². The molecule has 7 heteroatoms. The van der Waals surface area contributed by atoms with Crippen molar-refractivity contribution in [3.63, 3.8) is 0 Å². The topological polar surface area (TPSA) is 104 Å². The molecule has 0 bridgehead atoms. The van der Waals surface area contributed by atoms with Crippen LogP contribution in [0.15, 0.2) is 0 Å². The summed E-state index contributed by atoms with van der Waals surface area (Å²) in [6, 6.07) is -1.14. The quantitative estimate of drug-likeness (QED) is 0.670. The van der Waals surface area contributed by atoms with Crippen molar-refractivity contribution < 1.29 is 29.3 Å². The number of hydrogen-bond donors (Lipinski definition) is 2. The second kappa shape index (κ2) is 5.13. The predicted octanol–water partition coefficient (Wildman–Crippen LogP) is -0.592. The molecule has 1 amide bonds. The van der Waals surface area contributed by atoms with Gasteiger partial charge in [-0.3, -0.25) is 9.59 Å². The lowest BCUT2D eigenvalue weighted by molar-refractivity contribution is -0.154. The van der Waals surface area contributed by atoms with Gasteiger partial charge in [-0.15, -0.1) is 0 Å². The number of carbonyl (C=O) groups excluding carboxylic acids is 1. The molecule has 2 N–H and O–H groups in total.